The second-order valence-electron chi connectivity index (χ2n) is 5.21. The lowest BCUT2D eigenvalue weighted by atomic mass is 10.2. The zero-order chi connectivity index (χ0) is 16.2. The molecule has 1 amide bonds. The van der Waals surface area contributed by atoms with Crippen molar-refractivity contribution < 1.29 is 4.79 Å². The van der Waals surface area contributed by atoms with Crippen LogP contribution in [0.5, 0.6) is 0 Å². The average molecular weight is 306 g/mol. The molecule has 0 radical (unpaired) electrons. The highest BCUT2D eigenvalue weighted by atomic mass is 16.2. The monoisotopic (exact) mass is 306 g/mol. The Labute approximate surface area is 134 Å². The van der Waals surface area contributed by atoms with Gasteiger partial charge in [-0.1, -0.05) is 18.2 Å². The van der Waals surface area contributed by atoms with Gasteiger partial charge in [0, 0.05) is 40.5 Å². The molecule has 2 aromatic carbocycles. The van der Waals surface area contributed by atoms with Crippen molar-refractivity contribution in [3.63, 3.8) is 0 Å². The molecule has 1 aromatic heterocycles. The van der Waals surface area contributed by atoms with Crippen LogP contribution in [0.25, 0.3) is 10.9 Å². The Kier molecular flexibility index (Phi) is 4.10. The van der Waals surface area contributed by atoms with Crippen molar-refractivity contribution in [1.29, 1.82) is 0 Å². The first kappa shape index (κ1) is 14.8. The predicted molar refractivity (Wildman–Crippen MR) is 93.5 cm³/mol. The first-order valence-electron chi connectivity index (χ1n) is 7.46. The lowest BCUT2D eigenvalue weighted by molar-refractivity contribution is 0.0955. The van der Waals surface area contributed by atoms with E-state index in [-0.39, 0.29) is 5.91 Å². The fourth-order valence-electron chi connectivity index (χ4n) is 2.50. The van der Waals surface area contributed by atoms with Crippen molar-refractivity contribution in [3.8, 4) is 0 Å². The number of aromatic nitrogens is 1. The van der Waals surface area contributed by atoms with Crippen molar-refractivity contribution in [2.24, 2.45) is 5.10 Å². The van der Waals surface area contributed by atoms with Crippen LogP contribution in [0.15, 0.2) is 59.8 Å². The highest BCUT2D eigenvalue weighted by Crippen LogP contribution is 2.19. The minimum Gasteiger partial charge on any atom is -0.399 e. The first-order chi connectivity index (χ1) is 11.2. The molecule has 3 aromatic rings. The highest BCUT2D eigenvalue weighted by Gasteiger charge is 2.06. The molecule has 5 nitrogen and oxygen atoms in total. The summed E-state index contributed by atoms with van der Waals surface area (Å²) in [6.07, 6.45) is 3.70. The molecule has 0 unspecified atom stereocenters. The van der Waals surface area contributed by atoms with Gasteiger partial charge in [-0.25, -0.2) is 5.43 Å². The lowest BCUT2D eigenvalue weighted by Crippen LogP contribution is -2.17. The SMILES string of the molecule is CCn1cc(/C=N\NC(=O)c2ccc(N)cc2)c2ccccc21. The second-order valence-corrected chi connectivity index (χ2v) is 5.21. The van der Waals surface area contributed by atoms with E-state index < -0.39 is 0 Å². The standard InChI is InChI=1S/C18H18N4O/c1-2-22-12-14(16-5-3-4-6-17(16)22)11-20-21-18(23)13-7-9-15(19)10-8-13/h3-12H,2,19H2,1H3,(H,21,23)/b20-11-. The second kappa shape index (κ2) is 6.36. The Morgan fingerprint density at radius 2 is 1.96 bits per heavy atom. The van der Waals surface area contributed by atoms with E-state index in [1.54, 1.807) is 30.5 Å². The maximum Gasteiger partial charge on any atom is 0.271 e. The van der Waals surface area contributed by atoms with E-state index in [0.717, 1.165) is 23.0 Å². The third-order valence-corrected chi connectivity index (χ3v) is 3.70. The summed E-state index contributed by atoms with van der Waals surface area (Å²) in [5.41, 5.74) is 11.4. The van der Waals surface area contributed by atoms with Crippen LogP contribution >= 0.6 is 0 Å². The zero-order valence-electron chi connectivity index (χ0n) is 12.9. The predicted octanol–water partition coefficient (Wildman–Crippen LogP) is 3.01. The molecule has 116 valence electrons. The van der Waals surface area contributed by atoms with Crippen molar-refractivity contribution in [2.75, 3.05) is 5.73 Å². The molecule has 0 aliphatic carbocycles. The van der Waals surface area contributed by atoms with Crippen LogP contribution in [0.2, 0.25) is 0 Å². The van der Waals surface area contributed by atoms with Gasteiger partial charge in [0.2, 0.25) is 0 Å². The number of hydrazone groups is 1. The Morgan fingerprint density at radius 3 is 2.70 bits per heavy atom. The van der Waals surface area contributed by atoms with E-state index in [1.807, 2.05) is 24.4 Å². The Bertz CT molecular complexity index is 862. The summed E-state index contributed by atoms with van der Waals surface area (Å²) in [4.78, 5) is 12.0. The van der Waals surface area contributed by atoms with Crippen LogP contribution in [0, 0.1) is 0 Å². The summed E-state index contributed by atoms with van der Waals surface area (Å²) in [6, 6.07) is 14.8. The molecule has 23 heavy (non-hydrogen) atoms. The number of rotatable bonds is 4. The maximum absolute atomic E-state index is 12.0. The summed E-state index contributed by atoms with van der Waals surface area (Å²) in [5.74, 6) is -0.263. The van der Waals surface area contributed by atoms with Gasteiger partial charge in [-0.3, -0.25) is 4.79 Å². The van der Waals surface area contributed by atoms with Gasteiger partial charge in [0.25, 0.3) is 5.91 Å². The molecule has 1 heterocycles. The quantitative estimate of drug-likeness (QED) is 0.442. The smallest absolute Gasteiger partial charge is 0.271 e. The van der Waals surface area contributed by atoms with Crippen LogP contribution in [-0.4, -0.2) is 16.7 Å². The van der Waals surface area contributed by atoms with Crippen LogP contribution in [0.3, 0.4) is 0 Å². The molecule has 5 heteroatoms. The number of aryl methyl sites for hydroxylation is 1. The van der Waals surface area contributed by atoms with Gasteiger partial charge in [-0.15, -0.1) is 0 Å². The van der Waals surface area contributed by atoms with Crippen molar-refractivity contribution in [1.82, 2.24) is 9.99 Å². The summed E-state index contributed by atoms with van der Waals surface area (Å²) < 4.78 is 2.15. The van der Waals surface area contributed by atoms with Gasteiger partial charge < -0.3 is 10.3 Å². The number of benzene rings is 2. The average Bonchev–Trinajstić information content (AvgIpc) is 2.94. The number of fused-ring (bicyclic) bond motifs is 1. The first-order valence-corrected chi connectivity index (χ1v) is 7.46. The lowest BCUT2D eigenvalue weighted by Gasteiger charge is -1.99. The van der Waals surface area contributed by atoms with E-state index in [9.17, 15) is 4.79 Å². The molecular formula is C18H18N4O. The summed E-state index contributed by atoms with van der Waals surface area (Å²) in [7, 11) is 0. The highest BCUT2D eigenvalue weighted by molar-refractivity contribution is 6.00. The summed E-state index contributed by atoms with van der Waals surface area (Å²) in [6.45, 7) is 2.97. The van der Waals surface area contributed by atoms with E-state index in [4.69, 9.17) is 5.73 Å². The third-order valence-electron chi connectivity index (χ3n) is 3.70. The molecule has 0 spiro atoms. The van der Waals surface area contributed by atoms with Crippen LogP contribution in [-0.2, 0) is 6.54 Å². The Morgan fingerprint density at radius 1 is 1.22 bits per heavy atom. The Hall–Kier alpha value is -3.08. The summed E-state index contributed by atoms with van der Waals surface area (Å²) in [5, 5.41) is 5.18. The van der Waals surface area contributed by atoms with Crippen molar-refractivity contribution >= 4 is 28.7 Å². The molecule has 0 aliphatic rings. The van der Waals surface area contributed by atoms with E-state index in [2.05, 4.69) is 28.1 Å². The van der Waals surface area contributed by atoms with Crippen molar-refractivity contribution in [2.45, 2.75) is 13.5 Å². The maximum atomic E-state index is 12.0. The minimum atomic E-state index is -0.263. The largest absolute Gasteiger partial charge is 0.399 e. The molecule has 0 aliphatic heterocycles. The third kappa shape index (κ3) is 3.08. The van der Waals surface area contributed by atoms with Crippen LogP contribution < -0.4 is 11.2 Å². The number of anilines is 1. The number of nitrogens with one attached hydrogen (secondary N) is 1. The van der Waals surface area contributed by atoms with Gasteiger partial charge in [-0.2, -0.15) is 5.10 Å². The topological polar surface area (TPSA) is 72.4 Å². The van der Waals surface area contributed by atoms with Gasteiger partial charge in [0.05, 0.1) is 6.21 Å². The minimum absolute atomic E-state index is 0.263. The fourth-order valence-corrected chi connectivity index (χ4v) is 2.50. The molecular weight excluding hydrogens is 288 g/mol. The number of nitrogens with zero attached hydrogens (tertiary/aromatic N) is 2. The molecule has 0 fully saturated rings. The van der Waals surface area contributed by atoms with Gasteiger partial charge in [-0.05, 0) is 37.3 Å². The number of carbonyl (C=O) groups excluding carboxylic acids is 1. The van der Waals surface area contributed by atoms with E-state index in [1.165, 1.54) is 0 Å². The van der Waals surface area contributed by atoms with Gasteiger partial charge >= 0.3 is 0 Å². The number of hydrogen-bond acceptors (Lipinski definition) is 3. The fraction of sp³-hybridized carbons (Fsp3) is 0.111. The van der Waals surface area contributed by atoms with Gasteiger partial charge in [0.1, 0.15) is 0 Å². The van der Waals surface area contributed by atoms with Crippen molar-refractivity contribution in [3.05, 3.63) is 65.9 Å². The number of carbonyl (C=O) groups is 1. The number of nitrogens with two attached hydrogens (primary N) is 1. The molecule has 3 N–H and O–H groups in total. The molecule has 3 rings (SSSR count). The Balaban J connectivity index is 1.78. The number of nitrogen functional groups attached to an aromatic ring is 1. The van der Waals surface area contributed by atoms with Gasteiger partial charge in [0.15, 0.2) is 0 Å². The van der Waals surface area contributed by atoms with Crippen LogP contribution in [0.1, 0.15) is 22.8 Å². The molecule has 0 saturated heterocycles. The molecule has 0 bridgehead atoms. The van der Waals surface area contributed by atoms with Crippen LogP contribution in [0.4, 0.5) is 5.69 Å². The zero-order valence-corrected chi connectivity index (χ0v) is 12.9. The normalized spacial score (nSPS) is 11.2. The van der Waals surface area contributed by atoms with E-state index in [0.29, 0.717) is 11.3 Å². The molecule has 0 atom stereocenters. The van der Waals surface area contributed by atoms with E-state index >= 15 is 0 Å². The number of para-hydroxylation sites is 1. The number of hydrogen-bond donors (Lipinski definition) is 2. The number of amides is 1. The molecule has 0 saturated carbocycles. The summed E-state index contributed by atoms with van der Waals surface area (Å²) >= 11 is 0.